The van der Waals surface area contributed by atoms with Crippen LogP contribution in [0.1, 0.15) is 64.6 Å². The maximum Gasteiger partial charge on any atom is 0.410 e. The Labute approximate surface area is 175 Å². The Balaban J connectivity index is 1.83. The molecule has 1 aromatic carbocycles. The number of aromatic nitrogens is 2. The van der Waals surface area contributed by atoms with Crippen LogP contribution in [0.15, 0.2) is 24.3 Å². The number of carbonyl (C=O) groups excluding carboxylic acids is 1. The molecule has 2 aliphatic carbocycles. The number of hydrogen-bond acceptors (Lipinski definition) is 4. The number of hydrogen-bond donors (Lipinski definition) is 0. The highest BCUT2D eigenvalue weighted by Crippen LogP contribution is 2.68. The van der Waals surface area contributed by atoms with Crippen LogP contribution in [0.3, 0.4) is 0 Å². The summed E-state index contributed by atoms with van der Waals surface area (Å²) in [5.74, 6) is -1.25. The number of ether oxygens (including phenoxy) is 1. The standard InChI is InChI=1S/C23H27F2N3O2/c1-21(2,3)30-20(29)28(6)23-11-10-14(22(23,4)5)13-12-17(26-27-19(13)23)18-15(24)8-7-9-16(18)25/h7-9,12,14H,10-11H2,1-6H3/t14-,23+/m0/s1. The summed E-state index contributed by atoms with van der Waals surface area (Å²) in [6.45, 7) is 9.71. The van der Waals surface area contributed by atoms with Crippen molar-refractivity contribution in [2.45, 2.75) is 64.5 Å². The number of rotatable bonds is 2. The molecule has 7 heteroatoms. The molecule has 2 bridgehead atoms. The van der Waals surface area contributed by atoms with Crippen molar-refractivity contribution in [1.82, 2.24) is 15.1 Å². The summed E-state index contributed by atoms with van der Waals surface area (Å²) in [6.07, 6.45) is 1.16. The molecule has 2 atom stereocenters. The van der Waals surface area contributed by atoms with Gasteiger partial charge in [0.15, 0.2) is 0 Å². The van der Waals surface area contributed by atoms with Crippen molar-refractivity contribution in [3.8, 4) is 11.3 Å². The van der Waals surface area contributed by atoms with Gasteiger partial charge in [-0.1, -0.05) is 19.9 Å². The number of amides is 1. The summed E-state index contributed by atoms with van der Waals surface area (Å²) in [5, 5.41) is 8.61. The minimum absolute atomic E-state index is 0.0986. The van der Waals surface area contributed by atoms with Crippen molar-refractivity contribution in [2.24, 2.45) is 5.41 Å². The third-order valence-corrected chi connectivity index (χ3v) is 6.78. The Morgan fingerprint density at radius 1 is 1.20 bits per heavy atom. The fourth-order valence-corrected chi connectivity index (χ4v) is 5.40. The van der Waals surface area contributed by atoms with Crippen LogP contribution >= 0.6 is 0 Å². The van der Waals surface area contributed by atoms with Crippen molar-refractivity contribution < 1.29 is 18.3 Å². The minimum atomic E-state index is -0.686. The summed E-state index contributed by atoms with van der Waals surface area (Å²) in [6, 6.07) is 5.48. The van der Waals surface area contributed by atoms with E-state index < -0.39 is 28.9 Å². The molecule has 1 aromatic heterocycles. The summed E-state index contributed by atoms with van der Waals surface area (Å²) in [4.78, 5) is 14.6. The van der Waals surface area contributed by atoms with Crippen LogP contribution < -0.4 is 0 Å². The van der Waals surface area contributed by atoms with Crippen molar-refractivity contribution in [3.63, 3.8) is 0 Å². The molecule has 30 heavy (non-hydrogen) atoms. The van der Waals surface area contributed by atoms with Gasteiger partial charge in [0.05, 0.1) is 22.5 Å². The highest BCUT2D eigenvalue weighted by Gasteiger charge is 2.66. The van der Waals surface area contributed by atoms with Crippen molar-refractivity contribution in [3.05, 3.63) is 47.2 Å². The molecule has 2 aliphatic rings. The third-order valence-electron chi connectivity index (χ3n) is 6.78. The van der Waals surface area contributed by atoms with Crippen LogP contribution in [0.4, 0.5) is 13.6 Å². The molecule has 1 amide bonds. The van der Waals surface area contributed by atoms with Gasteiger partial charge in [0.1, 0.15) is 17.2 Å². The number of benzene rings is 1. The van der Waals surface area contributed by atoms with Crippen LogP contribution in [-0.2, 0) is 10.3 Å². The Morgan fingerprint density at radius 2 is 1.83 bits per heavy atom. The number of carbonyl (C=O) groups is 1. The third kappa shape index (κ3) is 2.74. The summed E-state index contributed by atoms with van der Waals surface area (Å²) in [5.41, 5.74) is -0.0576. The Morgan fingerprint density at radius 3 is 2.43 bits per heavy atom. The van der Waals surface area contributed by atoms with Gasteiger partial charge in [-0.2, -0.15) is 5.10 Å². The average molecular weight is 415 g/mol. The lowest BCUT2D eigenvalue weighted by Crippen LogP contribution is -2.53. The molecule has 0 N–H and O–H groups in total. The Kier molecular flexibility index (Phi) is 4.46. The van der Waals surface area contributed by atoms with E-state index >= 15 is 0 Å². The Bertz CT molecular complexity index is 1010. The normalized spacial score (nSPS) is 23.9. The maximum absolute atomic E-state index is 14.3. The molecular weight excluding hydrogens is 388 g/mol. The zero-order valence-corrected chi connectivity index (χ0v) is 18.2. The van der Waals surface area contributed by atoms with Crippen LogP contribution in [0.5, 0.6) is 0 Å². The van der Waals surface area contributed by atoms with Crippen molar-refractivity contribution in [1.29, 1.82) is 0 Å². The van der Waals surface area contributed by atoms with Gasteiger partial charge in [-0.15, -0.1) is 5.10 Å². The maximum atomic E-state index is 14.3. The first-order valence-electron chi connectivity index (χ1n) is 10.2. The van der Waals surface area contributed by atoms with E-state index in [0.29, 0.717) is 5.69 Å². The van der Waals surface area contributed by atoms with Crippen molar-refractivity contribution >= 4 is 6.09 Å². The van der Waals surface area contributed by atoms with E-state index in [9.17, 15) is 13.6 Å². The van der Waals surface area contributed by atoms with Crippen molar-refractivity contribution in [2.75, 3.05) is 7.05 Å². The van der Waals surface area contributed by atoms with Gasteiger partial charge in [-0.05, 0) is 63.3 Å². The van der Waals surface area contributed by atoms with E-state index in [0.717, 1.165) is 18.4 Å². The molecular formula is C23H27F2N3O2. The van der Waals surface area contributed by atoms with E-state index in [1.54, 1.807) is 18.0 Å². The lowest BCUT2D eigenvalue weighted by Gasteiger charge is -2.45. The largest absolute Gasteiger partial charge is 0.444 e. The minimum Gasteiger partial charge on any atom is -0.444 e. The molecule has 1 saturated carbocycles. The second kappa shape index (κ2) is 6.46. The van der Waals surface area contributed by atoms with Crippen LogP contribution in [0.25, 0.3) is 11.3 Å². The molecule has 0 radical (unpaired) electrons. The van der Waals surface area contributed by atoms with E-state index in [1.165, 1.54) is 18.2 Å². The second-order valence-electron chi connectivity index (χ2n) is 9.84. The smallest absolute Gasteiger partial charge is 0.410 e. The molecule has 0 aliphatic heterocycles. The average Bonchev–Trinajstić information content (AvgIpc) is 3.01. The van der Waals surface area contributed by atoms with E-state index in [1.807, 2.05) is 20.8 Å². The van der Waals surface area contributed by atoms with E-state index in [2.05, 4.69) is 24.0 Å². The van der Waals surface area contributed by atoms with Gasteiger partial charge >= 0.3 is 6.09 Å². The zero-order valence-electron chi connectivity index (χ0n) is 18.2. The molecule has 0 unspecified atom stereocenters. The van der Waals surface area contributed by atoms with Crippen LogP contribution in [0, 0.1) is 17.0 Å². The van der Waals surface area contributed by atoms with Crippen LogP contribution in [0.2, 0.25) is 0 Å². The number of fused-ring (bicyclic) bond motifs is 5. The zero-order chi connectivity index (χ0) is 22.1. The second-order valence-corrected chi connectivity index (χ2v) is 9.84. The quantitative estimate of drug-likeness (QED) is 0.659. The molecule has 2 aromatic rings. The molecule has 5 nitrogen and oxygen atoms in total. The van der Waals surface area contributed by atoms with Gasteiger partial charge in [-0.25, -0.2) is 13.6 Å². The molecule has 4 rings (SSSR count). The van der Waals surface area contributed by atoms with Crippen LogP contribution in [-0.4, -0.2) is 33.8 Å². The topological polar surface area (TPSA) is 55.3 Å². The summed E-state index contributed by atoms with van der Waals surface area (Å²) in [7, 11) is 1.74. The first-order valence-corrected chi connectivity index (χ1v) is 10.2. The van der Waals surface area contributed by atoms with Gasteiger partial charge in [0.2, 0.25) is 0 Å². The first kappa shape index (κ1) is 20.7. The predicted octanol–water partition coefficient (Wildman–Crippen LogP) is 5.40. The van der Waals surface area contributed by atoms with E-state index in [-0.39, 0.29) is 22.6 Å². The van der Waals surface area contributed by atoms with Gasteiger partial charge in [-0.3, -0.25) is 4.90 Å². The lowest BCUT2D eigenvalue weighted by atomic mass is 9.74. The lowest BCUT2D eigenvalue weighted by molar-refractivity contribution is -0.0212. The molecule has 0 saturated heterocycles. The summed E-state index contributed by atoms with van der Waals surface area (Å²) < 4.78 is 34.3. The van der Waals surface area contributed by atoms with Gasteiger partial charge in [0, 0.05) is 12.5 Å². The van der Waals surface area contributed by atoms with E-state index in [4.69, 9.17) is 4.74 Å². The molecule has 1 fully saturated rings. The predicted molar refractivity (Wildman–Crippen MR) is 109 cm³/mol. The monoisotopic (exact) mass is 415 g/mol. The fraction of sp³-hybridized carbons (Fsp3) is 0.522. The molecule has 1 heterocycles. The number of halogens is 2. The molecule has 0 spiro atoms. The number of nitrogens with zero attached hydrogens (tertiary/aromatic N) is 3. The SMILES string of the molecule is CN(C(=O)OC(C)(C)C)[C@]12CC[C@@H](c3cc(-c4c(F)cccc4F)nnc31)C2(C)C. The van der Waals surface area contributed by atoms with Gasteiger partial charge in [0.25, 0.3) is 0 Å². The molecule has 160 valence electrons. The first-order chi connectivity index (χ1) is 13.9. The summed E-state index contributed by atoms with van der Waals surface area (Å²) >= 11 is 0. The fourth-order valence-electron chi connectivity index (χ4n) is 5.40. The Hall–Kier alpha value is -2.57. The van der Waals surface area contributed by atoms with Gasteiger partial charge < -0.3 is 4.74 Å². The highest BCUT2D eigenvalue weighted by molar-refractivity contribution is 5.71. The highest BCUT2D eigenvalue weighted by atomic mass is 19.1.